The molecule has 4 rings (SSSR count). The first kappa shape index (κ1) is 18.2. The lowest BCUT2D eigenvalue weighted by Crippen LogP contribution is -2.41. The number of nitrogens with zero attached hydrogens (tertiary/aromatic N) is 1. The van der Waals surface area contributed by atoms with E-state index < -0.39 is 6.04 Å². The molecular formula is C21H24FNO4. The van der Waals surface area contributed by atoms with Gasteiger partial charge in [-0.2, -0.15) is 0 Å². The number of ether oxygens (including phenoxy) is 1. The van der Waals surface area contributed by atoms with Crippen LogP contribution >= 0.6 is 0 Å². The van der Waals surface area contributed by atoms with Gasteiger partial charge in [-0.1, -0.05) is 19.1 Å². The number of amides is 1. The number of Topliss-reactive ketones (excluding diaryl/α,β-unsaturated/α-hetero) is 1. The molecule has 1 fully saturated rings. The van der Waals surface area contributed by atoms with Crippen LogP contribution in [0.5, 0.6) is 0 Å². The summed E-state index contributed by atoms with van der Waals surface area (Å²) in [7, 11) is 0. The van der Waals surface area contributed by atoms with Crippen molar-refractivity contribution >= 4 is 11.7 Å². The minimum absolute atomic E-state index is 0.0121. The van der Waals surface area contributed by atoms with Gasteiger partial charge < -0.3 is 14.7 Å². The summed E-state index contributed by atoms with van der Waals surface area (Å²) >= 11 is 0. The highest BCUT2D eigenvalue weighted by atomic mass is 19.1. The number of carbonyl (C=O) groups is 2. The molecule has 3 aliphatic rings. The summed E-state index contributed by atoms with van der Waals surface area (Å²) in [6.07, 6.45) is 2.70. The van der Waals surface area contributed by atoms with Crippen LogP contribution in [-0.2, 0) is 14.3 Å². The summed E-state index contributed by atoms with van der Waals surface area (Å²) in [5.74, 6) is -0.302. The summed E-state index contributed by atoms with van der Waals surface area (Å²) in [6, 6.07) is 5.31. The molecule has 0 aromatic heterocycles. The Hall–Kier alpha value is -2.21. The second-order valence-electron chi connectivity index (χ2n) is 7.82. The number of carbonyl (C=O) groups excluding carboxylic acids is 2. The quantitative estimate of drug-likeness (QED) is 0.881. The highest BCUT2D eigenvalue weighted by Crippen LogP contribution is 2.47. The average molecular weight is 373 g/mol. The molecule has 5 nitrogen and oxygen atoms in total. The molecule has 2 aliphatic heterocycles. The summed E-state index contributed by atoms with van der Waals surface area (Å²) in [6.45, 7) is 2.40. The van der Waals surface area contributed by atoms with Crippen LogP contribution in [0.3, 0.4) is 0 Å². The molecule has 0 saturated heterocycles. The molecular weight excluding hydrogens is 349 g/mol. The molecule has 1 aromatic rings. The topological polar surface area (TPSA) is 66.8 Å². The Labute approximate surface area is 157 Å². The van der Waals surface area contributed by atoms with E-state index in [4.69, 9.17) is 4.74 Å². The molecule has 0 spiro atoms. The molecule has 144 valence electrons. The zero-order valence-electron chi connectivity index (χ0n) is 15.4. The van der Waals surface area contributed by atoms with Crippen LogP contribution in [0.4, 0.5) is 4.39 Å². The van der Waals surface area contributed by atoms with E-state index in [0.29, 0.717) is 30.0 Å². The third kappa shape index (κ3) is 3.06. The van der Waals surface area contributed by atoms with Gasteiger partial charge in [0, 0.05) is 13.2 Å². The predicted molar refractivity (Wildman–Crippen MR) is 96.0 cm³/mol. The monoisotopic (exact) mass is 373 g/mol. The van der Waals surface area contributed by atoms with E-state index in [-0.39, 0.29) is 41.9 Å². The van der Waals surface area contributed by atoms with E-state index in [1.165, 1.54) is 12.1 Å². The van der Waals surface area contributed by atoms with Gasteiger partial charge >= 0.3 is 0 Å². The van der Waals surface area contributed by atoms with E-state index >= 15 is 0 Å². The number of hydrogen-bond donors (Lipinski definition) is 1. The Bertz CT molecular complexity index is 788. The van der Waals surface area contributed by atoms with Crippen molar-refractivity contribution in [2.45, 2.75) is 44.8 Å². The van der Waals surface area contributed by atoms with Crippen molar-refractivity contribution in [3.63, 3.8) is 0 Å². The van der Waals surface area contributed by atoms with Crippen molar-refractivity contribution in [3.8, 4) is 0 Å². The van der Waals surface area contributed by atoms with Gasteiger partial charge in [-0.05, 0) is 49.3 Å². The molecule has 4 atom stereocenters. The van der Waals surface area contributed by atoms with E-state index in [2.05, 4.69) is 6.92 Å². The van der Waals surface area contributed by atoms with Crippen molar-refractivity contribution in [2.75, 3.05) is 13.2 Å². The van der Waals surface area contributed by atoms with E-state index in [9.17, 15) is 19.1 Å². The van der Waals surface area contributed by atoms with Crippen LogP contribution < -0.4 is 0 Å². The summed E-state index contributed by atoms with van der Waals surface area (Å²) in [4.78, 5) is 28.0. The van der Waals surface area contributed by atoms with Crippen molar-refractivity contribution < 1.29 is 23.8 Å². The third-order valence-corrected chi connectivity index (χ3v) is 5.95. The van der Waals surface area contributed by atoms with Gasteiger partial charge in [0.05, 0.1) is 17.5 Å². The fourth-order valence-electron chi connectivity index (χ4n) is 4.59. The minimum atomic E-state index is -0.578. The third-order valence-electron chi connectivity index (χ3n) is 5.95. The van der Waals surface area contributed by atoms with Gasteiger partial charge in [-0.25, -0.2) is 4.39 Å². The van der Waals surface area contributed by atoms with E-state index in [1.54, 1.807) is 17.0 Å². The van der Waals surface area contributed by atoms with Crippen molar-refractivity contribution in [1.82, 2.24) is 4.90 Å². The van der Waals surface area contributed by atoms with Crippen LogP contribution in [-0.4, -0.2) is 41.0 Å². The van der Waals surface area contributed by atoms with Crippen molar-refractivity contribution in [2.24, 2.45) is 11.8 Å². The second-order valence-corrected chi connectivity index (χ2v) is 7.82. The Morgan fingerprint density at radius 1 is 1.22 bits per heavy atom. The number of aliphatic hydroxyl groups excluding tert-OH is 1. The number of ketones is 1. The van der Waals surface area contributed by atoms with Gasteiger partial charge in [-0.15, -0.1) is 0 Å². The molecule has 0 bridgehead atoms. The molecule has 1 aliphatic carbocycles. The average Bonchev–Trinajstić information content (AvgIpc) is 2.94. The maximum atomic E-state index is 13.4. The number of fused-ring (bicyclic) bond motifs is 1. The number of benzene rings is 1. The Kier molecular flexibility index (Phi) is 4.76. The summed E-state index contributed by atoms with van der Waals surface area (Å²) in [5.41, 5.74) is 1.09. The number of aliphatic hydroxyl groups is 1. The maximum Gasteiger partial charge on any atom is 0.290 e. The first-order chi connectivity index (χ1) is 13.0. The van der Waals surface area contributed by atoms with E-state index in [1.807, 2.05) is 0 Å². The normalized spacial score (nSPS) is 30.3. The molecule has 6 heteroatoms. The molecule has 0 radical (unpaired) electrons. The van der Waals surface area contributed by atoms with Crippen LogP contribution in [0, 0.1) is 17.7 Å². The van der Waals surface area contributed by atoms with Crippen LogP contribution in [0.25, 0.3) is 0 Å². The SMILES string of the molecule is CC1CCC2OC3=C(C(=O)C2C1)C(c1ccc(F)cc1)N(CCCO)C3=O. The Morgan fingerprint density at radius 2 is 1.96 bits per heavy atom. The molecule has 2 heterocycles. The Balaban J connectivity index is 1.75. The first-order valence-corrected chi connectivity index (χ1v) is 9.63. The molecule has 27 heavy (non-hydrogen) atoms. The molecule has 1 N–H and O–H groups in total. The lowest BCUT2D eigenvalue weighted by molar-refractivity contribution is -0.136. The number of rotatable bonds is 4. The summed E-state index contributed by atoms with van der Waals surface area (Å²) in [5, 5.41) is 9.21. The number of hydrogen-bond acceptors (Lipinski definition) is 4. The summed E-state index contributed by atoms with van der Waals surface area (Å²) < 4.78 is 19.5. The zero-order valence-corrected chi connectivity index (χ0v) is 15.4. The zero-order chi connectivity index (χ0) is 19.1. The molecule has 1 aromatic carbocycles. The van der Waals surface area contributed by atoms with Crippen molar-refractivity contribution in [3.05, 3.63) is 47.0 Å². The van der Waals surface area contributed by atoms with Gasteiger partial charge in [-0.3, -0.25) is 9.59 Å². The van der Waals surface area contributed by atoms with E-state index in [0.717, 1.165) is 19.3 Å². The van der Waals surface area contributed by atoms with Crippen molar-refractivity contribution in [1.29, 1.82) is 0 Å². The standard InChI is InChI=1S/C21H24FNO4/c1-12-3-8-16-15(11-12)19(25)17-18(13-4-6-14(22)7-5-13)23(9-2-10-24)21(26)20(17)27-16/h4-7,12,15-16,18,24H,2-3,8-11H2,1H3. The lowest BCUT2D eigenvalue weighted by Gasteiger charge is -2.37. The molecule has 4 unspecified atom stereocenters. The fourth-order valence-corrected chi connectivity index (χ4v) is 4.59. The maximum absolute atomic E-state index is 13.4. The molecule has 1 amide bonds. The largest absolute Gasteiger partial charge is 0.483 e. The van der Waals surface area contributed by atoms with Crippen LogP contribution in [0.2, 0.25) is 0 Å². The second kappa shape index (κ2) is 7.08. The Morgan fingerprint density at radius 3 is 2.67 bits per heavy atom. The predicted octanol–water partition coefficient (Wildman–Crippen LogP) is 2.75. The van der Waals surface area contributed by atoms with Gasteiger partial charge in [0.1, 0.15) is 11.9 Å². The number of halogens is 1. The highest BCUT2D eigenvalue weighted by Gasteiger charge is 2.52. The van der Waals surface area contributed by atoms with Crippen LogP contribution in [0.1, 0.15) is 44.2 Å². The smallest absolute Gasteiger partial charge is 0.290 e. The van der Waals surface area contributed by atoms with Gasteiger partial charge in [0.15, 0.2) is 11.5 Å². The van der Waals surface area contributed by atoms with Crippen LogP contribution in [0.15, 0.2) is 35.6 Å². The van der Waals surface area contributed by atoms with Gasteiger partial charge in [0.2, 0.25) is 0 Å². The fraction of sp³-hybridized carbons (Fsp3) is 0.524. The highest BCUT2D eigenvalue weighted by molar-refractivity contribution is 6.11. The minimum Gasteiger partial charge on any atom is -0.483 e. The lowest BCUT2D eigenvalue weighted by atomic mass is 9.74. The van der Waals surface area contributed by atoms with Gasteiger partial charge in [0.25, 0.3) is 5.91 Å². The molecule has 1 saturated carbocycles. The first-order valence-electron chi connectivity index (χ1n) is 9.63.